The monoisotopic (exact) mass is 396 g/mol. The first-order valence-electron chi connectivity index (χ1n) is 9.28. The van der Waals surface area contributed by atoms with Gasteiger partial charge in [0, 0.05) is 30.1 Å². The van der Waals surface area contributed by atoms with Gasteiger partial charge >= 0.3 is 5.97 Å². The van der Waals surface area contributed by atoms with E-state index in [2.05, 4.69) is 10.3 Å². The number of carboxylic acids is 1. The number of ether oxygens (including phenoxy) is 2. The van der Waals surface area contributed by atoms with Crippen molar-refractivity contribution in [3.05, 3.63) is 54.1 Å². The van der Waals surface area contributed by atoms with Crippen LogP contribution in [0.25, 0.3) is 22.2 Å². The number of fused-ring (bicyclic) bond motifs is 1. The Hall–Kier alpha value is -3.32. The molecule has 1 amide bonds. The van der Waals surface area contributed by atoms with Gasteiger partial charge in [0.1, 0.15) is 5.75 Å². The number of amides is 1. The molecule has 7 heteroatoms. The molecule has 1 unspecified atom stereocenters. The van der Waals surface area contributed by atoms with E-state index in [1.807, 2.05) is 48.5 Å². The molecule has 29 heavy (non-hydrogen) atoms. The number of hydrogen-bond acceptors (Lipinski definition) is 4. The molecule has 1 aromatic heterocycles. The largest absolute Gasteiger partial charge is 0.497 e. The van der Waals surface area contributed by atoms with Crippen LogP contribution in [0.3, 0.4) is 0 Å². The normalized spacial score (nSPS) is 11.9. The second-order valence-corrected chi connectivity index (χ2v) is 6.67. The number of aromatic nitrogens is 1. The Labute approximate surface area is 168 Å². The van der Waals surface area contributed by atoms with E-state index in [0.717, 1.165) is 33.5 Å². The van der Waals surface area contributed by atoms with Gasteiger partial charge in [-0.05, 0) is 47.9 Å². The van der Waals surface area contributed by atoms with Gasteiger partial charge in [-0.3, -0.25) is 4.79 Å². The average molecular weight is 396 g/mol. The molecular weight excluding hydrogens is 372 g/mol. The molecule has 0 bridgehead atoms. The van der Waals surface area contributed by atoms with E-state index < -0.39 is 12.0 Å². The highest BCUT2D eigenvalue weighted by molar-refractivity contribution is 5.91. The summed E-state index contributed by atoms with van der Waals surface area (Å²) in [5, 5.41) is 12.7. The van der Waals surface area contributed by atoms with Gasteiger partial charge in [-0.2, -0.15) is 0 Å². The number of nitrogens with one attached hydrogen (secondary N) is 2. The van der Waals surface area contributed by atoms with E-state index in [-0.39, 0.29) is 18.9 Å². The summed E-state index contributed by atoms with van der Waals surface area (Å²) >= 11 is 0. The summed E-state index contributed by atoms with van der Waals surface area (Å²) in [5.74, 6) is -0.685. The maximum absolute atomic E-state index is 12.3. The summed E-state index contributed by atoms with van der Waals surface area (Å²) in [5.41, 5.74) is 3.92. The molecule has 0 saturated carbocycles. The van der Waals surface area contributed by atoms with Gasteiger partial charge in [-0.1, -0.05) is 18.2 Å². The number of methoxy groups -OCH3 is 2. The van der Waals surface area contributed by atoms with E-state index in [4.69, 9.17) is 9.47 Å². The summed E-state index contributed by atoms with van der Waals surface area (Å²) in [7, 11) is 3.02. The van der Waals surface area contributed by atoms with Crippen LogP contribution >= 0.6 is 0 Å². The van der Waals surface area contributed by atoms with Crippen molar-refractivity contribution >= 4 is 22.8 Å². The zero-order valence-electron chi connectivity index (χ0n) is 16.4. The molecule has 1 heterocycles. The third kappa shape index (κ3) is 4.75. The van der Waals surface area contributed by atoms with Crippen molar-refractivity contribution in [3.8, 4) is 17.0 Å². The molecule has 0 fully saturated rings. The van der Waals surface area contributed by atoms with Crippen LogP contribution in [0.4, 0.5) is 0 Å². The van der Waals surface area contributed by atoms with Gasteiger partial charge in [-0.15, -0.1) is 0 Å². The Morgan fingerprint density at radius 3 is 2.48 bits per heavy atom. The highest BCUT2D eigenvalue weighted by atomic mass is 16.5. The summed E-state index contributed by atoms with van der Waals surface area (Å²) in [6.45, 7) is -0.0781. The third-order valence-electron chi connectivity index (χ3n) is 4.76. The van der Waals surface area contributed by atoms with Crippen LogP contribution in [-0.4, -0.2) is 48.8 Å². The molecule has 7 nitrogen and oxygen atoms in total. The predicted molar refractivity (Wildman–Crippen MR) is 110 cm³/mol. The minimum atomic E-state index is -1.12. The van der Waals surface area contributed by atoms with E-state index in [9.17, 15) is 14.7 Å². The van der Waals surface area contributed by atoms with Gasteiger partial charge in [-0.25, -0.2) is 4.79 Å². The van der Waals surface area contributed by atoms with E-state index in [1.54, 1.807) is 7.11 Å². The fraction of sp³-hybridized carbons (Fsp3) is 0.273. The number of carbonyl (C=O) groups is 2. The summed E-state index contributed by atoms with van der Waals surface area (Å²) in [4.78, 5) is 27.0. The second kappa shape index (κ2) is 9.25. The Morgan fingerprint density at radius 2 is 1.83 bits per heavy atom. The molecule has 0 spiro atoms. The van der Waals surface area contributed by atoms with E-state index in [1.165, 1.54) is 7.11 Å². The van der Waals surface area contributed by atoms with Crippen molar-refractivity contribution < 1.29 is 24.2 Å². The number of carboxylic acid groups (broad SMARTS) is 1. The molecule has 2 aromatic carbocycles. The number of para-hydroxylation sites is 1. The van der Waals surface area contributed by atoms with Gasteiger partial charge in [0.15, 0.2) is 6.04 Å². The number of aliphatic carboxylic acids is 1. The molecule has 0 aliphatic rings. The zero-order chi connectivity index (χ0) is 20.8. The lowest BCUT2D eigenvalue weighted by Crippen LogP contribution is -2.43. The number of hydrogen-bond donors (Lipinski definition) is 3. The average Bonchev–Trinajstić information content (AvgIpc) is 3.10. The van der Waals surface area contributed by atoms with Crippen molar-refractivity contribution in [2.24, 2.45) is 0 Å². The fourth-order valence-corrected chi connectivity index (χ4v) is 3.31. The van der Waals surface area contributed by atoms with Crippen LogP contribution in [0.5, 0.6) is 5.75 Å². The Bertz CT molecular complexity index is 994. The molecule has 3 aromatic rings. The van der Waals surface area contributed by atoms with Crippen LogP contribution in [0.1, 0.15) is 12.0 Å². The lowest BCUT2D eigenvalue weighted by Gasteiger charge is -2.13. The van der Waals surface area contributed by atoms with Crippen molar-refractivity contribution in [2.45, 2.75) is 18.9 Å². The number of rotatable bonds is 9. The fourth-order valence-electron chi connectivity index (χ4n) is 3.31. The van der Waals surface area contributed by atoms with Crippen molar-refractivity contribution in [2.75, 3.05) is 20.8 Å². The van der Waals surface area contributed by atoms with Crippen LogP contribution in [0, 0.1) is 0 Å². The standard InChI is InChI=1S/C22H24N2O5/c1-28-13-19(22(26)27)23-20(25)12-11-17-16-5-3-4-6-18(16)24-21(17)14-7-9-15(29-2)10-8-14/h3-10,19,24H,11-13H2,1-2H3,(H,23,25)(H,26,27). The molecule has 0 radical (unpaired) electrons. The van der Waals surface area contributed by atoms with Crippen LogP contribution in [0.15, 0.2) is 48.5 Å². The molecule has 3 rings (SSSR count). The molecule has 0 aliphatic heterocycles. The molecule has 1 atom stereocenters. The van der Waals surface area contributed by atoms with Crippen LogP contribution < -0.4 is 10.1 Å². The van der Waals surface area contributed by atoms with Crippen LogP contribution in [-0.2, 0) is 20.7 Å². The predicted octanol–water partition coefficient (Wildman–Crippen LogP) is 2.99. The molecular formula is C22H24N2O5. The maximum atomic E-state index is 12.3. The van der Waals surface area contributed by atoms with Gasteiger partial charge in [0.05, 0.1) is 13.7 Å². The Morgan fingerprint density at radius 1 is 1.10 bits per heavy atom. The Kier molecular flexibility index (Phi) is 6.51. The summed E-state index contributed by atoms with van der Waals surface area (Å²) in [6.07, 6.45) is 0.634. The minimum Gasteiger partial charge on any atom is -0.497 e. The number of carbonyl (C=O) groups excluding carboxylic acids is 1. The maximum Gasteiger partial charge on any atom is 0.328 e. The lowest BCUT2D eigenvalue weighted by atomic mass is 10.0. The van der Waals surface area contributed by atoms with Gasteiger partial charge in [0.2, 0.25) is 5.91 Å². The summed E-state index contributed by atoms with van der Waals surface area (Å²) in [6, 6.07) is 14.6. The highest BCUT2D eigenvalue weighted by Gasteiger charge is 2.20. The van der Waals surface area contributed by atoms with E-state index >= 15 is 0 Å². The second-order valence-electron chi connectivity index (χ2n) is 6.67. The number of aryl methyl sites for hydroxylation is 1. The zero-order valence-corrected chi connectivity index (χ0v) is 16.4. The molecule has 0 saturated heterocycles. The van der Waals surface area contributed by atoms with Crippen molar-refractivity contribution in [1.82, 2.24) is 10.3 Å². The first-order chi connectivity index (χ1) is 14.0. The molecule has 0 aliphatic carbocycles. The Balaban J connectivity index is 1.84. The van der Waals surface area contributed by atoms with Crippen molar-refractivity contribution in [1.29, 1.82) is 0 Å². The quantitative estimate of drug-likeness (QED) is 0.516. The number of H-pyrrole nitrogens is 1. The topological polar surface area (TPSA) is 101 Å². The SMILES string of the molecule is COCC(NC(=O)CCc1c(-c2ccc(OC)cc2)[nH]c2ccccc12)C(=O)O. The first-order valence-corrected chi connectivity index (χ1v) is 9.28. The number of benzene rings is 2. The van der Waals surface area contributed by atoms with Crippen LogP contribution in [0.2, 0.25) is 0 Å². The third-order valence-corrected chi connectivity index (χ3v) is 4.76. The summed E-state index contributed by atoms with van der Waals surface area (Å²) < 4.78 is 10.1. The minimum absolute atomic E-state index is 0.0781. The molecule has 3 N–H and O–H groups in total. The highest BCUT2D eigenvalue weighted by Crippen LogP contribution is 2.32. The van der Waals surface area contributed by atoms with Gasteiger partial charge in [0.25, 0.3) is 0 Å². The van der Waals surface area contributed by atoms with Gasteiger partial charge < -0.3 is 24.9 Å². The molecule has 152 valence electrons. The smallest absolute Gasteiger partial charge is 0.328 e. The number of aromatic amines is 1. The van der Waals surface area contributed by atoms with Crippen molar-refractivity contribution in [3.63, 3.8) is 0 Å². The first kappa shape index (κ1) is 20.4. The lowest BCUT2D eigenvalue weighted by molar-refractivity contribution is -0.143. The van der Waals surface area contributed by atoms with E-state index in [0.29, 0.717) is 6.42 Å².